The predicted octanol–water partition coefficient (Wildman–Crippen LogP) is 4.89. The maximum atomic E-state index is 5.55. The minimum absolute atomic E-state index is 0.0812. The van der Waals surface area contributed by atoms with E-state index in [-0.39, 0.29) is 5.92 Å². The number of benzene rings is 3. The van der Waals surface area contributed by atoms with Crippen LogP contribution >= 0.6 is 0 Å². The summed E-state index contributed by atoms with van der Waals surface area (Å²) in [7, 11) is 3.36. The van der Waals surface area contributed by atoms with Crippen LogP contribution in [0.25, 0.3) is 0 Å². The fraction of sp³-hybridized carbons (Fsp3) is 0.130. The maximum Gasteiger partial charge on any atom is 0.123 e. The van der Waals surface area contributed by atoms with Crippen molar-refractivity contribution < 1.29 is 9.47 Å². The van der Waals surface area contributed by atoms with Crippen LogP contribution < -0.4 is 9.47 Å². The van der Waals surface area contributed by atoms with Gasteiger partial charge in [0, 0.05) is 11.1 Å². The first kappa shape index (κ1) is 16.7. The van der Waals surface area contributed by atoms with Crippen molar-refractivity contribution in [1.82, 2.24) is 0 Å². The number of hydrogen-bond acceptors (Lipinski definition) is 2. The van der Waals surface area contributed by atoms with Gasteiger partial charge < -0.3 is 9.47 Å². The van der Waals surface area contributed by atoms with Crippen LogP contribution in [0.15, 0.2) is 78.9 Å². The van der Waals surface area contributed by atoms with Crippen molar-refractivity contribution >= 4 is 0 Å². The smallest absolute Gasteiger partial charge is 0.123 e. The highest BCUT2D eigenvalue weighted by molar-refractivity contribution is 5.50. The fourth-order valence-electron chi connectivity index (χ4n) is 2.72. The van der Waals surface area contributed by atoms with E-state index in [1.807, 2.05) is 60.7 Å². The Kier molecular flexibility index (Phi) is 5.39. The molecule has 0 aromatic heterocycles. The van der Waals surface area contributed by atoms with Gasteiger partial charge in [-0.3, -0.25) is 0 Å². The lowest BCUT2D eigenvalue weighted by atomic mass is 9.90. The highest BCUT2D eigenvalue weighted by Crippen LogP contribution is 2.32. The molecule has 0 spiro atoms. The summed E-state index contributed by atoms with van der Waals surface area (Å²) >= 11 is 0. The van der Waals surface area contributed by atoms with Gasteiger partial charge >= 0.3 is 0 Å². The summed E-state index contributed by atoms with van der Waals surface area (Å²) in [5.74, 6) is 8.28. The normalized spacial score (nSPS) is 11.1. The monoisotopic (exact) mass is 328 g/mol. The lowest BCUT2D eigenvalue weighted by Gasteiger charge is -2.16. The predicted molar refractivity (Wildman–Crippen MR) is 101 cm³/mol. The van der Waals surface area contributed by atoms with E-state index in [0.717, 1.165) is 28.2 Å². The molecule has 2 heteroatoms. The summed E-state index contributed by atoms with van der Waals surface area (Å²) in [6.45, 7) is 0. The van der Waals surface area contributed by atoms with E-state index in [1.165, 1.54) is 0 Å². The topological polar surface area (TPSA) is 18.5 Å². The third-order valence-electron chi connectivity index (χ3n) is 4.03. The lowest BCUT2D eigenvalue weighted by molar-refractivity contribution is 0.409. The SMILES string of the molecule is COc1ccc([C@H](C#Cc2ccccc2)c2ccccc2OC)cc1. The molecule has 2 nitrogen and oxygen atoms in total. The van der Waals surface area contributed by atoms with Crippen LogP contribution in [-0.4, -0.2) is 14.2 Å². The van der Waals surface area contributed by atoms with Crippen LogP contribution in [-0.2, 0) is 0 Å². The van der Waals surface area contributed by atoms with Crippen molar-refractivity contribution in [2.75, 3.05) is 14.2 Å². The molecule has 0 aliphatic rings. The van der Waals surface area contributed by atoms with Crippen LogP contribution in [0.4, 0.5) is 0 Å². The average Bonchev–Trinajstić information content (AvgIpc) is 2.70. The van der Waals surface area contributed by atoms with E-state index in [2.05, 4.69) is 30.0 Å². The third kappa shape index (κ3) is 4.02. The van der Waals surface area contributed by atoms with E-state index < -0.39 is 0 Å². The molecule has 0 fully saturated rings. The van der Waals surface area contributed by atoms with Crippen molar-refractivity contribution in [3.8, 4) is 23.3 Å². The number of para-hydroxylation sites is 1. The number of methoxy groups -OCH3 is 2. The summed E-state index contributed by atoms with van der Waals surface area (Å²) in [6, 6.07) is 26.0. The average molecular weight is 328 g/mol. The van der Waals surface area contributed by atoms with Gasteiger partial charge in [-0.1, -0.05) is 60.4 Å². The van der Waals surface area contributed by atoms with Crippen LogP contribution in [0.3, 0.4) is 0 Å². The Morgan fingerprint density at radius 1 is 0.720 bits per heavy atom. The zero-order valence-corrected chi connectivity index (χ0v) is 14.4. The second-order valence-corrected chi connectivity index (χ2v) is 5.58. The Hall–Kier alpha value is -3.18. The number of ether oxygens (including phenoxy) is 2. The first-order valence-corrected chi connectivity index (χ1v) is 8.15. The van der Waals surface area contributed by atoms with Gasteiger partial charge in [-0.15, -0.1) is 0 Å². The van der Waals surface area contributed by atoms with Crippen LogP contribution in [0.1, 0.15) is 22.6 Å². The van der Waals surface area contributed by atoms with Crippen molar-refractivity contribution in [2.24, 2.45) is 0 Å². The first-order chi connectivity index (χ1) is 12.3. The second-order valence-electron chi connectivity index (χ2n) is 5.58. The number of hydrogen-bond donors (Lipinski definition) is 0. The van der Waals surface area contributed by atoms with Crippen LogP contribution in [0, 0.1) is 11.8 Å². The van der Waals surface area contributed by atoms with Gasteiger partial charge in [0.1, 0.15) is 11.5 Å². The van der Waals surface area contributed by atoms with Gasteiger partial charge in [0.25, 0.3) is 0 Å². The van der Waals surface area contributed by atoms with E-state index in [0.29, 0.717) is 0 Å². The molecule has 0 aliphatic carbocycles. The van der Waals surface area contributed by atoms with Crippen LogP contribution in [0.2, 0.25) is 0 Å². The molecule has 3 aromatic carbocycles. The molecule has 0 saturated carbocycles. The van der Waals surface area contributed by atoms with Crippen molar-refractivity contribution in [3.63, 3.8) is 0 Å². The van der Waals surface area contributed by atoms with Gasteiger partial charge in [-0.2, -0.15) is 0 Å². The van der Waals surface area contributed by atoms with E-state index >= 15 is 0 Å². The summed E-state index contributed by atoms with van der Waals surface area (Å²) in [6.07, 6.45) is 0. The van der Waals surface area contributed by atoms with Crippen molar-refractivity contribution in [2.45, 2.75) is 5.92 Å². The molecule has 0 N–H and O–H groups in total. The molecule has 3 rings (SSSR count). The zero-order chi connectivity index (χ0) is 17.5. The summed E-state index contributed by atoms with van der Waals surface area (Å²) in [5, 5.41) is 0. The molecule has 0 heterocycles. The molecule has 0 amide bonds. The van der Waals surface area contributed by atoms with Gasteiger partial charge in [0.15, 0.2) is 0 Å². The molecule has 124 valence electrons. The molecular formula is C23H20O2. The Bertz CT molecular complexity index is 871. The fourth-order valence-corrected chi connectivity index (χ4v) is 2.72. The maximum absolute atomic E-state index is 5.55. The third-order valence-corrected chi connectivity index (χ3v) is 4.03. The molecule has 0 unspecified atom stereocenters. The standard InChI is InChI=1S/C23H20O2/c1-24-20-15-13-19(14-16-20)21(17-12-18-8-4-3-5-9-18)22-10-6-7-11-23(22)25-2/h3-11,13-16,21H,1-2H3/t21-/m0/s1. The number of rotatable bonds is 4. The molecular weight excluding hydrogens is 308 g/mol. The molecule has 0 saturated heterocycles. The van der Waals surface area contributed by atoms with E-state index in [4.69, 9.17) is 9.47 Å². The summed E-state index contributed by atoms with van der Waals surface area (Å²) in [4.78, 5) is 0. The molecule has 0 bridgehead atoms. The second kappa shape index (κ2) is 8.08. The summed E-state index contributed by atoms with van der Waals surface area (Å²) in [5.41, 5.74) is 3.16. The van der Waals surface area contributed by atoms with Crippen molar-refractivity contribution in [3.05, 3.63) is 95.6 Å². The molecule has 0 aliphatic heterocycles. The summed E-state index contributed by atoms with van der Waals surface area (Å²) < 4.78 is 10.8. The zero-order valence-electron chi connectivity index (χ0n) is 14.4. The van der Waals surface area contributed by atoms with E-state index in [9.17, 15) is 0 Å². The molecule has 0 radical (unpaired) electrons. The van der Waals surface area contributed by atoms with Crippen molar-refractivity contribution in [1.29, 1.82) is 0 Å². The van der Waals surface area contributed by atoms with Crippen LogP contribution in [0.5, 0.6) is 11.5 Å². The minimum atomic E-state index is -0.0812. The molecule has 25 heavy (non-hydrogen) atoms. The largest absolute Gasteiger partial charge is 0.497 e. The Morgan fingerprint density at radius 3 is 2.08 bits per heavy atom. The van der Waals surface area contributed by atoms with Gasteiger partial charge in [0.2, 0.25) is 0 Å². The molecule has 1 atom stereocenters. The molecule has 3 aromatic rings. The van der Waals surface area contributed by atoms with Gasteiger partial charge in [-0.05, 0) is 35.9 Å². The highest BCUT2D eigenvalue weighted by atomic mass is 16.5. The lowest BCUT2D eigenvalue weighted by Crippen LogP contribution is -2.01. The van der Waals surface area contributed by atoms with E-state index in [1.54, 1.807) is 14.2 Å². The quantitative estimate of drug-likeness (QED) is 0.635. The Morgan fingerprint density at radius 2 is 1.40 bits per heavy atom. The Balaban J connectivity index is 2.06. The Labute approximate surface area is 149 Å². The van der Waals surface area contributed by atoms with Gasteiger partial charge in [0.05, 0.1) is 20.1 Å². The first-order valence-electron chi connectivity index (χ1n) is 8.15. The highest BCUT2D eigenvalue weighted by Gasteiger charge is 2.16. The minimum Gasteiger partial charge on any atom is -0.497 e. The van der Waals surface area contributed by atoms with Gasteiger partial charge in [-0.25, -0.2) is 0 Å².